The van der Waals surface area contributed by atoms with Crippen LogP contribution in [0.15, 0.2) is 0 Å². The van der Waals surface area contributed by atoms with Gasteiger partial charge < -0.3 is 0 Å². The fourth-order valence-corrected chi connectivity index (χ4v) is 3.48. The SMILES string of the molecule is CCCCC(CCC)(CCCC)S(=O)(=O)O. The summed E-state index contributed by atoms with van der Waals surface area (Å²) in [5.74, 6) is 0. The van der Waals surface area contributed by atoms with E-state index in [0.717, 1.165) is 32.1 Å². The second-order valence-corrected chi connectivity index (χ2v) is 6.43. The lowest BCUT2D eigenvalue weighted by Gasteiger charge is -2.30. The molecule has 0 unspecified atom stereocenters. The quantitative estimate of drug-likeness (QED) is 0.633. The van der Waals surface area contributed by atoms with Crippen molar-refractivity contribution in [1.82, 2.24) is 0 Å². The summed E-state index contributed by atoms with van der Waals surface area (Å²) in [4.78, 5) is 0. The third kappa shape index (κ3) is 4.42. The number of hydrogen-bond donors (Lipinski definition) is 1. The maximum Gasteiger partial charge on any atom is 0.270 e. The molecule has 3 nitrogen and oxygen atoms in total. The smallest absolute Gasteiger partial charge is 0.270 e. The zero-order valence-corrected chi connectivity index (χ0v) is 11.6. The van der Waals surface area contributed by atoms with Crippen LogP contribution in [-0.2, 0) is 10.1 Å². The summed E-state index contributed by atoms with van der Waals surface area (Å²) >= 11 is 0. The van der Waals surface area contributed by atoms with Crippen molar-refractivity contribution in [2.75, 3.05) is 0 Å². The summed E-state index contributed by atoms with van der Waals surface area (Å²) < 4.78 is 31.8. The van der Waals surface area contributed by atoms with Crippen molar-refractivity contribution in [3.63, 3.8) is 0 Å². The highest BCUT2D eigenvalue weighted by Crippen LogP contribution is 2.34. The minimum atomic E-state index is -3.93. The van der Waals surface area contributed by atoms with Crippen molar-refractivity contribution < 1.29 is 13.0 Å². The monoisotopic (exact) mass is 250 g/mol. The average molecular weight is 250 g/mol. The van der Waals surface area contributed by atoms with E-state index in [0.29, 0.717) is 19.3 Å². The molecule has 0 heterocycles. The fraction of sp³-hybridized carbons (Fsp3) is 1.00. The van der Waals surface area contributed by atoms with Gasteiger partial charge in [0, 0.05) is 0 Å². The van der Waals surface area contributed by atoms with Gasteiger partial charge in [0.25, 0.3) is 10.1 Å². The van der Waals surface area contributed by atoms with Crippen LogP contribution in [0.2, 0.25) is 0 Å². The predicted octanol–water partition coefficient (Wildman–Crippen LogP) is 3.79. The van der Waals surface area contributed by atoms with Crippen LogP contribution >= 0.6 is 0 Å². The molecule has 0 bridgehead atoms. The van der Waals surface area contributed by atoms with Crippen LogP contribution in [0.4, 0.5) is 0 Å². The highest BCUT2D eigenvalue weighted by molar-refractivity contribution is 7.87. The topological polar surface area (TPSA) is 54.4 Å². The zero-order valence-electron chi connectivity index (χ0n) is 10.8. The van der Waals surface area contributed by atoms with Crippen molar-refractivity contribution in [3.05, 3.63) is 0 Å². The zero-order chi connectivity index (χ0) is 12.7. The van der Waals surface area contributed by atoms with Gasteiger partial charge in [-0.2, -0.15) is 8.42 Å². The van der Waals surface area contributed by atoms with E-state index in [1.54, 1.807) is 0 Å². The number of hydrogen-bond acceptors (Lipinski definition) is 2. The minimum absolute atomic E-state index is 0.575. The molecule has 0 amide bonds. The molecule has 0 rings (SSSR count). The first-order chi connectivity index (χ1) is 7.43. The molecule has 0 atom stereocenters. The van der Waals surface area contributed by atoms with Gasteiger partial charge in [-0.1, -0.05) is 52.9 Å². The fourth-order valence-electron chi connectivity index (χ4n) is 2.22. The van der Waals surface area contributed by atoms with Gasteiger partial charge >= 0.3 is 0 Å². The van der Waals surface area contributed by atoms with Crippen molar-refractivity contribution in [1.29, 1.82) is 0 Å². The molecule has 98 valence electrons. The Hall–Kier alpha value is -0.0900. The van der Waals surface area contributed by atoms with E-state index in [4.69, 9.17) is 0 Å². The molecule has 4 heteroatoms. The molecule has 0 aliphatic rings. The van der Waals surface area contributed by atoms with Gasteiger partial charge in [-0.05, 0) is 19.3 Å². The second kappa shape index (κ2) is 7.28. The maximum atomic E-state index is 11.6. The second-order valence-electron chi connectivity index (χ2n) is 4.62. The molecule has 16 heavy (non-hydrogen) atoms. The molecule has 0 saturated heterocycles. The molecule has 0 saturated carbocycles. The average Bonchev–Trinajstić information content (AvgIpc) is 2.20. The first kappa shape index (κ1) is 15.9. The number of rotatable bonds is 9. The van der Waals surface area contributed by atoms with Crippen LogP contribution in [0.25, 0.3) is 0 Å². The van der Waals surface area contributed by atoms with Gasteiger partial charge in [-0.15, -0.1) is 0 Å². The van der Waals surface area contributed by atoms with Gasteiger partial charge in [0.05, 0.1) is 4.75 Å². The van der Waals surface area contributed by atoms with Crippen molar-refractivity contribution >= 4 is 10.1 Å². The van der Waals surface area contributed by atoms with Gasteiger partial charge in [0.2, 0.25) is 0 Å². The van der Waals surface area contributed by atoms with Crippen molar-refractivity contribution in [3.8, 4) is 0 Å². The molecule has 0 aliphatic carbocycles. The number of unbranched alkanes of at least 4 members (excludes halogenated alkanes) is 2. The molecule has 0 radical (unpaired) electrons. The van der Waals surface area contributed by atoms with Crippen molar-refractivity contribution in [2.45, 2.75) is 76.9 Å². The van der Waals surface area contributed by atoms with Crippen LogP contribution in [0.5, 0.6) is 0 Å². The highest BCUT2D eigenvalue weighted by atomic mass is 32.2. The Morgan fingerprint density at radius 2 is 1.31 bits per heavy atom. The Morgan fingerprint density at radius 1 is 0.875 bits per heavy atom. The normalized spacial score (nSPS) is 13.0. The van der Waals surface area contributed by atoms with Gasteiger partial charge in [-0.3, -0.25) is 4.55 Å². The molecule has 0 aromatic heterocycles. The minimum Gasteiger partial charge on any atom is -0.285 e. The summed E-state index contributed by atoms with van der Waals surface area (Å²) in [5, 5.41) is 0. The third-order valence-electron chi connectivity index (χ3n) is 3.22. The molecule has 0 spiro atoms. The largest absolute Gasteiger partial charge is 0.285 e. The summed E-state index contributed by atoms with van der Waals surface area (Å²) in [6.45, 7) is 6.05. The molecule has 0 aromatic rings. The lowest BCUT2D eigenvalue weighted by atomic mass is 9.91. The Morgan fingerprint density at radius 3 is 1.56 bits per heavy atom. The molecule has 0 fully saturated rings. The van der Waals surface area contributed by atoms with Gasteiger partial charge in [-0.25, -0.2) is 0 Å². The van der Waals surface area contributed by atoms with E-state index < -0.39 is 14.9 Å². The van der Waals surface area contributed by atoms with E-state index in [-0.39, 0.29) is 0 Å². The summed E-state index contributed by atoms with van der Waals surface area (Å²) in [6, 6.07) is 0. The Kier molecular flexibility index (Phi) is 7.24. The Balaban J connectivity index is 4.89. The van der Waals surface area contributed by atoms with E-state index in [1.807, 2.05) is 20.8 Å². The third-order valence-corrected chi connectivity index (χ3v) is 4.93. The molecule has 0 aliphatic heterocycles. The summed E-state index contributed by atoms with van der Waals surface area (Å²) in [7, 11) is -3.93. The van der Waals surface area contributed by atoms with Crippen molar-refractivity contribution in [2.24, 2.45) is 0 Å². The molecule has 0 aromatic carbocycles. The standard InChI is InChI=1S/C12H26O3S/c1-4-7-10-12(9-6-3,11-8-5-2)16(13,14)15/h4-11H2,1-3H3,(H,13,14,15). The molecular weight excluding hydrogens is 224 g/mol. The van der Waals surface area contributed by atoms with Crippen LogP contribution in [0.1, 0.15) is 72.1 Å². The first-order valence-electron chi connectivity index (χ1n) is 6.40. The lowest BCUT2D eigenvalue weighted by Crippen LogP contribution is -2.38. The maximum absolute atomic E-state index is 11.6. The van der Waals surface area contributed by atoms with Crippen LogP contribution in [0.3, 0.4) is 0 Å². The van der Waals surface area contributed by atoms with Gasteiger partial charge in [0.1, 0.15) is 0 Å². The van der Waals surface area contributed by atoms with Crippen LogP contribution in [0, 0.1) is 0 Å². The van der Waals surface area contributed by atoms with Crippen LogP contribution in [-0.4, -0.2) is 17.7 Å². The summed E-state index contributed by atoms with van der Waals surface area (Å²) in [6.07, 6.45) is 6.22. The first-order valence-corrected chi connectivity index (χ1v) is 7.84. The molecule has 1 N–H and O–H groups in total. The van der Waals surface area contributed by atoms with Crippen LogP contribution < -0.4 is 0 Å². The van der Waals surface area contributed by atoms with E-state index in [2.05, 4.69) is 0 Å². The Labute approximate surface area is 100 Å². The molecular formula is C12H26O3S. The van der Waals surface area contributed by atoms with E-state index >= 15 is 0 Å². The van der Waals surface area contributed by atoms with Gasteiger partial charge in [0.15, 0.2) is 0 Å². The lowest BCUT2D eigenvalue weighted by molar-refractivity contribution is 0.357. The Bertz CT molecular complexity index is 262. The van der Waals surface area contributed by atoms with E-state index in [9.17, 15) is 13.0 Å². The predicted molar refractivity (Wildman–Crippen MR) is 68.2 cm³/mol. The highest BCUT2D eigenvalue weighted by Gasteiger charge is 2.40. The van der Waals surface area contributed by atoms with E-state index in [1.165, 1.54) is 0 Å². The summed E-state index contributed by atoms with van der Waals surface area (Å²) in [5.41, 5.74) is 0.